The van der Waals surface area contributed by atoms with Crippen LogP contribution in [0.1, 0.15) is 25.2 Å². The van der Waals surface area contributed by atoms with Crippen LogP contribution in [0.4, 0.5) is 0 Å². The lowest BCUT2D eigenvalue weighted by Gasteiger charge is -2.31. The van der Waals surface area contributed by atoms with Crippen LogP contribution in [0.3, 0.4) is 0 Å². The zero-order valence-corrected chi connectivity index (χ0v) is 14.3. The van der Waals surface area contributed by atoms with Crippen molar-refractivity contribution in [3.63, 3.8) is 0 Å². The van der Waals surface area contributed by atoms with E-state index in [0.29, 0.717) is 50.6 Å². The average Bonchev–Trinajstić information content (AvgIpc) is 3.15. The number of piperidine rings is 1. The molecule has 0 spiro atoms. The van der Waals surface area contributed by atoms with Crippen LogP contribution in [0.2, 0.25) is 0 Å². The molecule has 0 unspecified atom stereocenters. The largest absolute Gasteiger partial charge is 0.421 e. The summed E-state index contributed by atoms with van der Waals surface area (Å²) in [7, 11) is 1.65. The highest BCUT2D eigenvalue weighted by atomic mass is 16.4. The molecule has 0 atom stereocenters. The van der Waals surface area contributed by atoms with E-state index in [9.17, 15) is 9.59 Å². The third-order valence-corrected chi connectivity index (χ3v) is 4.51. The molecule has 7 heteroatoms. The highest BCUT2D eigenvalue weighted by Crippen LogP contribution is 2.20. The number of amides is 2. The summed E-state index contributed by atoms with van der Waals surface area (Å²) in [5.74, 6) is 1.07. The number of carbonyl (C=O) groups excluding carboxylic acids is 2. The third-order valence-electron chi connectivity index (χ3n) is 4.51. The van der Waals surface area contributed by atoms with Gasteiger partial charge in [-0.2, -0.15) is 0 Å². The molecule has 1 N–H and O–H groups in total. The van der Waals surface area contributed by atoms with Crippen molar-refractivity contribution in [3.8, 4) is 11.5 Å². The summed E-state index contributed by atoms with van der Waals surface area (Å²) < 4.78 is 5.62. The van der Waals surface area contributed by atoms with Crippen LogP contribution < -0.4 is 5.32 Å². The molecule has 2 amide bonds. The molecule has 0 bridgehead atoms. The molecular weight excluding hydrogens is 320 g/mol. The van der Waals surface area contributed by atoms with Gasteiger partial charge >= 0.3 is 0 Å². The van der Waals surface area contributed by atoms with Crippen molar-refractivity contribution < 1.29 is 14.0 Å². The van der Waals surface area contributed by atoms with Gasteiger partial charge in [-0.15, -0.1) is 10.2 Å². The summed E-state index contributed by atoms with van der Waals surface area (Å²) in [4.78, 5) is 25.8. The topological polar surface area (TPSA) is 88.3 Å². The van der Waals surface area contributed by atoms with Gasteiger partial charge in [0.05, 0.1) is 0 Å². The van der Waals surface area contributed by atoms with E-state index in [0.717, 1.165) is 5.56 Å². The van der Waals surface area contributed by atoms with Crippen LogP contribution in [0.15, 0.2) is 34.7 Å². The number of likely N-dealkylation sites (tertiary alicyclic amines) is 1. The molecule has 1 aliphatic heterocycles. The van der Waals surface area contributed by atoms with Gasteiger partial charge in [0.15, 0.2) is 0 Å². The Morgan fingerprint density at radius 3 is 2.60 bits per heavy atom. The summed E-state index contributed by atoms with van der Waals surface area (Å²) in [6.07, 6.45) is 2.18. The fourth-order valence-electron chi connectivity index (χ4n) is 3.02. The summed E-state index contributed by atoms with van der Waals surface area (Å²) in [5, 5.41) is 10.7. The van der Waals surface area contributed by atoms with Crippen molar-refractivity contribution in [2.75, 3.05) is 20.1 Å². The number of hydrogen-bond acceptors (Lipinski definition) is 5. The lowest BCUT2D eigenvalue weighted by molar-refractivity contribution is -0.135. The van der Waals surface area contributed by atoms with Crippen LogP contribution in [0, 0.1) is 5.92 Å². The Kier molecular flexibility index (Phi) is 5.42. The molecule has 0 saturated carbocycles. The zero-order valence-electron chi connectivity index (χ0n) is 14.3. The minimum Gasteiger partial charge on any atom is -0.421 e. The van der Waals surface area contributed by atoms with E-state index in [-0.39, 0.29) is 17.7 Å². The molecule has 7 nitrogen and oxygen atoms in total. The Labute approximate surface area is 146 Å². The Morgan fingerprint density at radius 2 is 1.92 bits per heavy atom. The number of benzene rings is 1. The second-order valence-corrected chi connectivity index (χ2v) is 6.14. The van der Waals surface area contributed by atoms with E-state index >= 15 is 0 Å². The summed E-state index contributed by atoms with van der Waals surface area (Å²) in [6, 6.07) is 9.54. The smallest absolute Gasteiger partial charge is 0.247 e. The first-order chi connectivity index (χ1) is 12.2. The van der Waals surface area contributed by atoms with Gasteiger partial charge in [0, 0.05) is 44.5 Å². The van der Waals surface area contributed by atoms with Crippen molar-refractivity contribution in [2.45, 2.75) is 25.7 Å². The van der Waals surface area contributed by atoms with Crippen molar-refractivity contribution in [1.82, 2.24) is 20.4 Å². The van der Waals surface area contributed by atoms with Crippen molar-refractivity contribution in [3.05, 3.63) is 36.2 Å². The average molecular weight is 342 g/mol. The maximum atomic E-state index is 12.3. The van der Waals surface area contributed by atoms with Crippen molar-refractivity contribution >= 4 is 11.8 Å². The van der Waals surface area contributed by atoms with E-state index in [4.69, 9.17) is 4.42 Å². The predicted octanol–water partition coefficient (Wildman–Crippen LogP) is 1.65. The normalized spacial score (nSPS) is 15.2. The summed E-state index contributed by atoms with van der Waals surface area (Å²) in [6.45, 7) is 1.24. The molecule has 3 rings (SSSR count). The SMILES string of the molecule is CNC(=O)C1CCN(C(=O)CCc2nnc(-c3ccccc3)o2)CC1. The maximum absolute atomic E-state index is 12.3. The zero-order chi connectivity index (χ0) is 17.6. The van der Waals surface area contributed by atoms with E-state index < -0.39 is 0 Å². The van der Waals surface area contributed by atoms with Gasteiger partial charge in [-0.1, -0.05) is 18.2 Å². The Balaban J connectivity index is 1.49. The highest BCUT2D eigenvalue weighted by molar-refractivity contribution is 5.79. The number of nitrogens with one attached hydrogen (secondary N) is 1. The lowest BCUT2D eigenvalue weighted by atomic mass is 9.96. The minimum absolute atomic E-state index is 0.0124. The van der Waals surface area contributed by atoms with E-state index in [1.165, 1.54) is 0 Å². The monoisotopic (exact) mass is 342 g/mol. The number of carbonyl (C=O) groups is 2. The first kappa shape index (κ1) is 17.1. The molecule has 1 aromatic heterocycles. The molecule has 1 saturated heterocycles. The fraction of sp³-hybridized carbons (Fsp3) is 0.444. The van der Waals surface area contributed by atoms with Crippen LogP contribution in [-0.2, 0) is 16.0 Å². The first-order valence-corrected chi connectivity index (χ1v) is 8.54. The first-order valence-electron chi connectivity index (χ1n) is 8.54. The highest BCUT2D eigenvalue weighted by Gasteiger charge is 2.26. The molecule has 2 aromatic rings. The molecule has 25 heavy (non-hydrogen) atoms. The van der Waals surface area contributed by atoms with Crippen LogP contribution in [0.25, 0.3) is 11.5 Å². The Hall–Kier alpha value is -2.70. The molecule has 1 aromatic carbocycles. The number of aryl methyl sites for hydroxylation is 1. The minimum atomic E-state index is 0.0124. The molecular formula is C18H22N4O3. The Bertz CT molecular complexity index is 721. The van der Waals surface area contributed by atoms with Crippen molar-refractivity contribution in [2.24, 2.45) is 5.92 Å². The molecule has 0 radical (unpaired) electrons. The second-order valence-electron chi connectivity index (χ2n) is 6.14. The van der Waals surface area contributed by atoms with Gasteiger partial charge in [0.25, 0.3) is 0 Å². The van der Waals surface area contributed by atoms with Gasteiger partial charge in [0.1, 0.15) is 0 Å². The molecule has 1 fully saturated rings. The number of nitrogens with zero attached hydrogens (tertiary/aromatic N) is 3. The van der Waals surface area contributed by atoms with Gasteiger partial charge in [0.2, 0.25) is 23.6 Å². The van der Waals surface area contributed by atoms with E-state index in [1.54, 1.807) is 7.05 Å². The quantitative estimate of drug-likeness (QED) is 0.893. The van der Waals surface area contributed by atoms with Crippen molar-refractivity contribution in [1.29, 1.82) is 0 Å². The summed E-state index contributed by atoms with van der Waals surface area (Å²) >= 11 is 0. The van der Waals surface area contributed by atoms with Gasteiger partial charge in [-0.25, -0.2) is 0 Å². The standard InChI is InChI=1S/C18H22N4O3/c1-19-17(24)13-9-11-22(12-10-13)16(23)8-7-15-20-21-18(25-15)14-5-3-2-4-6-14/h2-6,13H,7-12H2,1H3,(H,19,24). The van der Waals surface area contributed by atoms with E-state index in [1.807, 2.05) is 35.2 Å². The number of rotatable bonds is 5. The van der Waals surface area contributed by atoms with Crippen LogP contribution >= 0.6 is 0 Å². The maximum Gasteiger partial charge on any atom is 0.247 e. The van der Waals surface area contributed by atoms with Gasteiger partial charge in [-0.3, -0.25) is 9.59 Å². The molecule has 1 aliphatic rings. The van der Waals surface area contributed by atoms with Crippen LogP contribution in [0.5, 0.6) is 0 Å². The molecule has 0 aliphatic carbocycles. The van der Waals surface area contributed by atoms with Gasteiger partial charge in [-0.05, 0) is 25.0 Å². The van der Waals surface area contributed by atoms with Crippen LogP contribution in [-0.4, -0.2) is 47.0 Å². The summed E-state index contributed by atoms with van der Waals surface area (Å²) in [5.41, 5.74) is 0.865. The third kappa shape index (κ3) is 4.23. The second kappa shape index (κ2) is 7.92. The fourth-order valence-corrected chi connectivity index (χ4v) is 3.02. The molecule has 132 valence electrons. The number of hydrogen-bond donors (Lipinski definition) is 1. The molecule has 2 heterocycles. The number of aromatic nitrogens is 2. The van der Waals surface area contributed by atoms with E-state index in [2.05, 4.69) is 15.5 Å². The van der Waals surface area contributed by atoms with Gasteiger partial charge < -0.3 is 14.6 Å². The predicted molar refractivity (Wildman–Crippen MR) is 91.4 cm³/mol. The lowest BCUT2D eigenvalue weighted by Crippen LogP contribution is -2.42. The Morgan fingerprint density at radius 1 is 1.20 bits per heavy atom.